The first-order chi connectivity index (χ1) is 14.5. The topological polar surface area (TPSA) is 58.6 Å². The molecule has 3 rings (SSSR count). The fraction of sp³-hybridized carbons (Fsp3) is 0.458. The van der Waals surface area contributed by atoms with Gasteiger partial charge in [0, 0.05) is 17.2 Å². The van der Waals surface area contributed by atoms with Crippen LogP contribution in [0.5, 0.6) is 0 Å². The van der Waals surface area contributed by atoms with Gasteiger partial charge in [0.1, 0.15) is 6.61 Å². The van der Waals surface area contributed by atoms with Crippen molar-refractivity contribution in [2.24, 2.45) is 5.92 Å². The molecule has 1 aliphatic carbocycles. The van der Waals surface area contributed by atoms with Gasteiger partial charge in [-0.15, -0.1) is 0 Å². The highest BCUT2D eigenvalue weighted by atomic mass is 35.5. The Morgan fingerprint density at radius 1 is 1.07 bits per heavy atom. The van der Waals surface area contributed by atoms with Gasteiger partial charge >= 0.3 is 0 Å². The van der Waals surface area contributed by atoms with Gasteiger partial charge in [-0.25, -0.2) is 0 Å². The zero-order valence-electron chi connectivity index (χ0n) is 17.2. The molecule has 30 heavy (non-hydrogen) atoms. The Morgan fingerprint density at radius 2 is 1.70 bits per heavy atom. The highest BCUT2D eigenvalue weighted by molar-refractivity contribution is 6.35. The molecule has 1 aliphatic rings. The third-order valence-corrected chi connectivity index (χ3v) is 6.21. The molecule has 0 saturated heterocycles. The molecule has 6 heteroatoms. The van der Waals surface area contributed by atoms with Gasteiger partial charge in [-0.3, -0.25) is 4.79 Å². The molecule has 0 spiro atoms. The lowest BCUT2D eigenvalue weighted by Gasteiger charge is -2.33. The van der Waals surface area contributed by atoms with Crippen molar-refractivity contribution < 1.29 is 14.6 Å². The van der Waals surface area contributed by atoms with Crippen LogP contribution >= 0.6 is 23.2 Å². The number of methoxy groups -OCH3 is 1. The second kappa shape index (κ2) is 11.1. The number of carbonyl (C=O) groups is 1. The van der Waals surface area contributed by atoms with Gasteiger partial charge in [0.15, 0.2) is 0 Å². The molecule has 2 atom stereocenters. The molecule has 2 aromatic carbocycles. The number of aliphatic hydroxyl groups is 1. The summed E-state index contributed by atoms with van der Waals surface area (Å²) >= 11 is 12.2. The maximum Gasteiger partial charge on any atom is 0.246 e. The van der Waals surface area contributed by atoms with Crippen molar-refractivity contribution in [3.05, 3.63) is 58.1 Å². The highest BCUT2D eigenvalue weighted by Gasteiger charge is 2.30. The van der Waals surface area contributed by atoms with Crippen LogP contribution in [-0.2, 0) is 16.0 Å². The number of nitrogens with one attached hydrogen (secondary N) is 1. The van der Waals surface area contributed by atoms with Gasteiger partial charge in [0.05, 0.1) is 12.1 Å². The molecular formula is C24H29Cl2NO3. The van der Waals surface area contributed by atoms with Crippen LogP contribution < -0.4 is 5.32 Å². The monoisotopic (exact) mass is 449 g/mol. The minimum atomic E-state index is -0.572. The largest absolute Gasteiger partial charge is 0.391 e. The predicted octanol–water partition coefficient (Wildman–Crippen LogP) is 5.28. The smallest absolute Gasteiger partial charge is 0.246 e. The lowest BCUT2D eigenvalue weighted by atomic mass is 9.81. The van der Waals surface area contributed by atoms with E-state index in [-0.39, 0.29) is 24.5 Å². The molecular weight excluding hydrogens is 421 g/mol. The Kier molecular flexibility index (Phi) is 8.58. The molecule has 1 fully saturated rings. The Bertz CT molecular complexity index is 815. The van der Waals surface area contributed by atoms with Crippen molar-refractivity contribution in [3.8, 4) is 11.1 Å². The van der Waals surface area contributed by atoms with Crippen molar-refractivity contribution in [1.29, 1.82) is 0 Å². The van der Waals surface area contributed by atoms with E-state index in [9.17, 15) is 9.90 Å². The van der Waals surface area contributed by atoms with Crippen LogP contribution in [-0.4, -0.2) is 36.9 Å². The van der Waals surface area contributed by atoms with Crippen molar-refractivity contribution in [2.45, 2.75) is 50.7 Å². The predicted molar refractivity (Wildman–Crippen MR) is 122 cm³/mol. The van der Waals surface area contributed by atoms with E-state index in [1.165, 1.54) is 13.5 Å². The first-order valence-electron chi connectivity index (χ1n) is 10.5. The van der Waals surface area contributed by atoms with Crippen molar-refractivity contribution >= 4 is 29.1 Å². The van der Waals surface area contributed by atoms with E-state index in [0.29, 0.717) is 16.5 Å². The Morgan fingerprint density at radius 3 is 2.30 bits per heavy atom. The van der Waals surface area contributed by atoms with Crippen LogP contribution in [0.4, 0.5) is 0 Å². The molecule has 2 N–H and O–H groups in total. The van der Waals surface area contributed by atoms with E-state index < -0.39 is 6.10 Å². The molecule has 0 aliphatic heterocycles. The number of ether oxygens (including phenoxy) is 1. The summed E-state index contributed by atoms with van der Waals surface area (Å²) in [6.07, 6.45) is 5.49. The number of hydrogen-bond donors (Lipinski definition) is 2. The third-order valence-electron chi connectivity index (χ3n) is 5.77. The summed E-state index contributed by atoms with van der Waals surface area (Å²) in [6, 6.07) is 13.2. The fourth-order valence-corrected chi connectivity index (χ4v) is 4.77. The number of hydrogen-bond acceptors (Lipinski definition) is 3. The normalized spacial score (nSPS) is 16.8. The van der Waals surface area contributed by atoms with E-state index >= 15 is 0 Å². The highest BCUT2D eigenvalue weighted by Crippen LogP contribution is 2.30. The quantitative estimate of drug-likeness (QED) is 0.576. The van der Waals surface area contributed by atoms with Crippen molar-refractivity contribution in [2.75, 3.05) is 13.7 Å². The van der Waals surface area contributed by atoms with E-state index in [0.717, 1.165) is 42.4 Å². The number of amides is 1. The van der Waals surface area contributed by atoms with Crippen LogP contribution in [0.25, 0.3) is 11.1 Å². The summed E-state index contributed by atoms with van der Waals surface area (Å²) in [5, 5.41) is 15.2. The molecule has 0 aromatic heterocycles. The number of halogens is 2. The number of aliphatic hydroxyl groups excluding tert-OH is 1. The number of carbonyl (C=O) groups excluding carboxylic acids is 1. The Hall–Kier alpha value is -1.59. The van der Waals surface area contributed by atoms with Crippen molar-refractivity contribution in [1.82, 2.24) is 5.32 Å². The molecule has 0 radical (unpaired) electrons. The van der Waals surface area contributed by atoms with E-state index in [4.69, 9.17) is 27.9 Å². The minimum Gasteiger partial charge on any atom is -0.391 e. The summed E-state index contributed by atoms with van der Waals surface area (Å²) < 4.78 is 4.95. The minimum absolute atomic E-state index is 0.0116. The van der Waals surface area contributed by atoms with Gasteiger partial charge in [0.25, 0.3) is 0 Å². The van der Waals surface area contributed by atoms with Crippen LogP contribution in [0.3, 0.4) is 0 Å². The molecule has 1 amide bonds. The number of benzene rings is 2. The molecule has 2 aromatic rings. The second-order valence-corrected chi connectivity index (χ2v) is 8.93. The summed E-state index contributed by atoms with van der Waals surface area (Å²) in [7, 11) is 1.49. The zero-order valence-corrected chi connectivity index (χ0v) is 18.8. The van der Waals surface area contributed by atoms with Crippen molar-refractivity contribution in [3.63, 3.8) is 0 Å². The first kappa shape index (κ1) is 23.1. The fourth-order valence-electron chi connectivity index (χ4n) is 4.25. The summed E-state index contributed by atoms with van der Waals surface area (Å²) in [5.74, 6) is 0.0158. The lowest BCUT2D eigenvalue weighted by molar-refractivity contribution is -0.126. The first-order valence-corrected chi connectivity index (χ1v) is 11.2. The van der Waals surface area contributed by atoms with Gasteiger partial charge in [-0.2, -0.15) is 0 Å². The van der Waals surface area contributed by atoms with E-state index in [1.54, 1.807) is 6.07 Å². The summed E-state index contributed by atoms with van der Waals surface area (Å²) in [5.41, 5.74) is 3.01. The summed E-state index contributed by atoms with van der Waals surface area (Å²) in [6.45, 7) is -0.0116. The average molecular weight is 450 g/mol. The number of rotatable bonds is 8. The van der Waals surface area contributed by atoms with E-state index in [1.807, 2.05) is 36.4 Å². The SMILES string of the molecule is COCC(=O)NC(Cc1ccc(-c2cc(Cl)cc(Cl)c2)cc1)C(O)C1CCCCC1. The van der Waals surface area contributed by atoms with Gasteiger partial charge in [-0.1, -0.05) is 66.7 Å². The molecule has 4 nitrogen and oxygen atoms in total. The Balaban J connectivity index is 1.74. The van der Waals surface area contributed by atoms with Gasteiger partial charge in [-0.05, 0) is 60.1 Å². The molecule has 0 heterocycles. The molecule has 1 saturated carbocycles. The van der Waals surface area contributed by atoms with Crippen LogP contribution in [0.2, 0.25) is 10.0 Å². The zero-order chi connectivity index (χ0) is 21.5. The molecule has 2 unspecified atom stereocenters. The van der Waals surface area contributed by atoms with Gasteiger partial charge < -0.3 is 15.2 Å². The van der Waals surface area contributed by atoms with Crippen LogP contribution in [0.15, 0.2) is 42.5 Å². The third kappa shape index (κ3) is 6.45. The Labute approximate surface area is 188 Å². The van der Waals surface area contributed by atoms with Crippen LogP contribution in [0.1, 0.15) is 37.7 Å². The average Bonchev–Trinajstić information content (AvgIpc) is 2.73. The maximum absolute atomic E-state index is 12.2. The van der Waals surface area contributed by atoms with Crippen LogP contribution in [0, 0.1) is 5.92 Å². The molecule has 162 valence electrons. The molecule has 0 bridgehead atoms. The standard InChI is InChI=1S/C24H29Cl2NO3/c1-30-15-23(28)27-22(24(29)18-5-3-2-4-6-18)11-16-7-9-17(10-8-16)19-12-20(25)14-21(26)13-19/h7-10,12-14,18,22,24,29H,2-6,11,15H2,1H3,(H,27,28). The lowest BCUT2D eigenvalue weighted by Crippen LogP contribution is -2.49. The maximum atomic E-state index is 12.2. The summed E-state index contributed by atoms with van der Waals surface area (Å²) in [4.78, 5) is 12.2. The van der Waals surface area contributed by atoms with E-state index in [2.05, 4.69) is 5.32 Å². The second-order valence-electron chi connectivity index (χ2n) is 8.05. The van der Waals surface area contributed by atoms with Gasteiger partial charge in [0.2, 0.25) is 5.91 Å².